The number of nitrogens with one attached hydrogen (secondary N) is 1. The molecular weight excluding hydrogens is 397 g/mol. The first-order chi connectivity index (χ1) is 13.2. The molecule has 0 saturated carbocycles. The van der Waals surface area contributed by atoms with E-state index in [9.17, 15) is 4.79 Å². The van der Waals surface area contributed by atoms with Gasteiger partial charge in [0.15, 0.2) is 0 Å². The fraction of sp³-hybridized carbons (Fsp3) is 0.250. The number of rotatable bonds is 3. The number of carbonyl (C=O) groups excluding carboxylic acids is 1. The summed E-state index contributed by atoms with van der Waals surface area (Å²) in [4.78, 5) is 19.4. The zero-order valence-electron chi connectivity index (χ0n) is 15.4. The van der Waals surface area contributed by atoms with Crippen molar-refractivity contribution in [1.29, 1.82) is 0 Å². The minimum atomic E-state index is -0.0528. The zero-order valence-corrected chi connectivity index (χ0v) is 17.0. The third kappa shape index (κ3) is 3.76. The predicted octanol–water partition coefficient (Wildman–Crippen LogP) is 3.44. The van der Waals surface area contributed by atoms with Gasteiger partial charge in [-0.05, 0) is 30.7 Å². The number of para-hydroxylation sites is 1. The topological polar surface area (TPSA) is 63.1 Å². The third-order valence-corrected chi connectivity index (χ3v) is 5.21. The van der Waals surface area contributed by atoms with E-state index in [0.29, 0.717) is 23.7 Å². The number of amides is 1. The number of piperazine rings is 1. The quantitative estimate of drug-likeness (QED) is 0.708. The Kier molecular flexibility index (Phi) is 6.34. The van der Waals surface area contributed by atoms with Gasteiger partial charge in [-0.25, -0.2) is 4.68 Å². The molecule has 3 aromatic rings. The molecule has 0 bridgehead atoms. The van der Waals surface area contributed by atoms with Gasteiger partial charge in [-0.3, -0.25) is 9.78 Å². The van der Waals surface area contributed by atoms with Crippen molar-refractivity contribution in [2.24, 2.45) is 0 Å². The van der Waals surface area contributed by atoms with Gasteiger partial charge in [-0.15, -0.1) is 12.4 Å². The molecule has 1 fully saturated rings. The van der Waals surface area contributed by atoms with Crippen LogP contribution < -0.4 is 5.32 Å². The fourth-order valence-corrected chi connectivity index (χ4v) is 3.67. The summed E-state index contributed by atoms with van der Waals surface area (Å²) in [6, 6.07) is 11.3. The molecule has 0 aliphatic carbocycles. The molecule has 1 aliphatic heterocycles. The Balaban J connectivity index is 0.00000225. The van der Waals surface area contributed by atoms with Crippen LogP contribution in [0.4, 0.5) is 0 Å². The van der Waals surface area contributed by atoms with E-state index in [2.05, 4.69) is 15.4 Å². The van der Waals surface area contributed by atoms with Crippen LogP contribution in [-0.2, 0) is 0 Å². The van der Waals surface area contributed by atoms with Crippen molar-refractivity contribution in [1.82, 2.24) is 25.0 Å². The predicted molar refractivity (Wildman–Crippen MR) is 111 cm³/mol. The molecule has 28 heavy (non-hydrogen) atoms. The maximum absolute atomic E-state index is 13.3. The van der Waals surface area contributed by atoms with Crippen molar-refractivity contribution < 1.29 is 4.79 Å². The van der Waals surface area contributed by atoms with Gasteiger partial charge in [0, 0.05) is 32.0 Å². The summed E-state index contributed by atoms with van der Waals surface area (Å²) in [6.45, 7) is 4.00. The number of benzene rings is 1. The van der Waals surface area contributed by atoms with Crippen molar-refractivity contribution in [3.63, 3.8) is 0 Å². The second-order valence-electron chi connectivity index (χ2n) is 6.51. The van der Waals surface area contributed by atoms with E-state index in [1.807, 2.05) is 54.4 Å². The molecule has 1 saturated heterocycles. The normalized spacial score (nSPS) is 16.5. The van der Waals surface area contributed by atoms with Crippen LogP contribution in [0, 0.1) is 6.92 Å². The van der Waals surface area contributed by atoms with E-state index >= 15 is 0 Å². The minimum Gasteiger partial charge on any atom is -0.329 e. The lowest BCUT2D eigenvalue weighted by Gasteiger charge is -2.36. The Bertz CT molecular complexity index is 960. The molecule has 1 aromatic carbocycles. The van der Waals surface area contributed by atoms with Crippen LogP contribution in [-0.4, -0.2) is 45.2 Å². The van der Waals surface area contributed by atoms with Gasteiger partial charge < -0.3 is 10.2 Å². The van der Waals surface area contributed by atoms with Crippen LogP contribution in [0.3, 0.4) is 0 Å². The van der Waals surface area contributed by atoms with E-state index in [1.54, 1.807) is 17.1 Å². The average molecular weight is 418 g/mol. The lowest BCUT2D eigenvalue weighted by Crippen LogP contribution is -2.48. The number of hydrogen-bond acceptors (Lipinski definition) is 4. The zero-order chi connectivity index (χ0) is 18.8. The molecule has 1 aliphatic rings. The van der Waals surface area contributed by atoms with E-state index in [-0.39, 0.29) is 24.4 Å². The number of carbonyl (C=O) groups is 1. The lowest BCUT2D eigenvalue weighted by molar-refractivity contribution is 0.0633. The first kappa shape index (κ1) is 20.3. The maximum atomic E-state index is 13.3. The number of aromatic nitrogens is 3. The summed E-state index contributed by atoms with van der Waals surface area (Å²) < 4.78 is 1.72. The van der Waals surface area contributed by atoms with Crippen LogP contribution in [0.15, 0.2) is 55.0 Å². The summed E-state index contributed by atoms with van der Waals surface area (Å²) in [5.74, 6) is -0.0267. The van der Waals surface area contributed by atoms with Gasteiger partial charge in [0.05, 0.1) is 34.2 Å². The van der Waals surface area contributed by atoms with Crippen molar-refractivity contribution in [2.75, 3.05) is 19.6 Å². The monoisotopic (exact) mass is 417 g/mol. The molecule has 1 amide bonds. The smallest absolute Gasteiger partial charge is 0.257 e. The molecule has 0 radical (unpaired) electrons. The Morgan fingerprint density at radius 3 is 2.79 bits per heavy atom. The van der Waals surface area contributed by atoms with Crippen LogP contribution in [0.1, 0.15) is 27.7 Å². The summed E-state index contributed by atoms with van der Waals surface area (Å²) in [5.41, 5.74) is 3.15. The van der Waals surface area contributed by atoms with E-state index in [1.165, 1.54) is 0 Å². The number of nitrogens with zero attached hydrogens (tertiary/aromatic N) is 4. The van der Waals surface area contributed by atoms with Gasteiger partial charge in [0.1, 0.15) is 0 Å². The molecule has 2 aromatic heterocycles. The summed E-state index contributed by atoms with van der Waals surface area (Å²) in [7, 11) is 0. The SMILES string of the molecule is Cc1c(C(=O)N2CCNCC2c2cccnc2)cnn1-c1ccccc1Cl.Cl. The van der Waals surface area contributed by atoms with Crippen LogP contribution in [0.25, 0.3) is 5.69 Å². The average Bonchev–Trinajstić information content (AvgIpc) is 3.09. The highest BCUT2D eigenvalue weighted by Gasteiger charge is 2.30. The van der Waals surface area contributed by atoms with Crippen LogP contribution in [0.5, 0.6) is 0 Å². The Morgan fingerprint density at radius 2 is 2.04 bits per heavy atom. The van der Waals surface area contributed by atoms with Gasteiger partial charge in [0.25, 0.3) is 5.91 Å². The molecule has 8 heteroatoms. The molecular formula is C20H21Cl2N5O. The van der Waals surface area contributed by atoms with E-state index in [0.717, 1.165) is 23.5 Å². The van der Waals surface area contributed by atoms with Gasteiger partial charge in [-0.1, -0.05) is 29.8 Å². The van der Waals surface area contributed by atoms with Crippen molar-refractivity contribution >= 4 is 29.9 Å². The third-order valence-electron chi connectivity index (χ3n) is 4.89. The highest BCUT2D eigenvalue weighted by atomic mass is 35.5. The Labute approximate surface area is 174 Å². The molecule has 146 valence electrons. The summed E-state index contributed by atoms with van der Waals surface area (Å²) in [5, 5.41) is 8.38. The van der Waals surface area contributed by atoms with Gasteiger partial charge in [-0.2, -0.15) is 5.10 Å². The van der Waals surface area contributed by atoms with Gasteiger partial charge >= 0.3 is 0 Å². The summed E-state index contributed by atoms with van der Waals surface area (Å²) >= 11 is 6.30. The van der Waals surface area contributed by atoms with Gasteiger partial charge in [0.2, 0.25) is 0 Å². The lowest BCUT2D eigenvalue weighted by atomic mass is 10.0. The number of halogens is 2. The Hall–Kier alpha value is -2.41. The first-order valence-corrected chi connectivity index (χ1v) is 9.25. The molecule has 6 nitrogen and oxygen atoms in total. The minimum absolute atomic E-state index is 0. The first-order valence-electron chi connectivity index (χ1n) is 8.88. The standard InChI is InChI=1S/C20H20ClN5O.ClH/c1-14-16(12-24-26(14)18-7-3-2-6-17(18)21)20(27)25-10-9-23-13-19(25)15-5-4-8-22-11-15;/h2-8,11-12,19,23H,9-10,13H2,1H3;1H. The van der Waals surface area contributed by atoms with Crippen molar-refractivity contribution in [3.05, 3.63) is 76.8 Å². The van der Waals surface area contributed by atoms with Crippen LogP contribution >= 0.6 is 24.0 Å². The maximum Gasteiger partial charge on any atom is 0.257 e. The highest BCUT2D eigenvalue weighted by Crippen LogP contribution is 2.26. The second-order valence-corrected chi connectivity index (χ2v) is 6.92. The molecule has 3 heterocycles. The fourth-order valence-electron chi connectivity index (χ4n) is 3.46. The molecule has 1 atom stereocenters. The second kappa shape index (κ2) is 8.73. The molecule has 1 N–H and O–H groups in total. The molecule has 1 unspecified atom stereocenters. The van der Waals surface area contributed by atoms with Crippen LogP contribution in [0.2, 0.25) is 5.02 Å². The number of pyridine rings is 1. The molecule has 4 rings (SSSR count). The Morgan fingerprint density at radius 1 is 1.21 bits per heavy atom. The van der Waals surface area contributed by atoms with Crippen molar-refractivity contribution in [3.8, 4) is 5.69 Å². The van der Waals surface area contributed by atoms with E-state index < -0.39 is 0 Å². The van der Waals surface area contributed by atoms with Crippen molar-refractivity contribution in [2.45, 2.75) is 13.0 Å². The van der Waals surface area contributed by atoms with E-state index in [4.69, 9.17) is 11.6 Å². The molecule has 0 spiro atoms. The summed E-state index contributed by atoms with van der Waals surface area (Å²) in [6.07, 6.45) is 5.19. The number of hydrogen-bond donors (Lipinski definition) is 1. The largest absolute Gasteiger partial charge is 0.329 e. The highest BCUT2D eigenvalue weighted by molar-refractivity contribution is 6.32.